The molecule has 11 heavy (non-hydrogen) atoms. The number of rotatable bonds is 3. The van der Waals surface area contributed by atoms with Crippen molar-refractivity contribution in [1.82, 2.24) is 10.2 Å². The summed E-state index contributed by atoms with van der Waals surface area (Å²) in [6.07, 6.45) is 2.52. The molecule has 3 heteroatoms. The first kappa shape index (κ1) is 7.53. The normalized spacial score (nSPS) is 36.8. The summed E-state index contributed by atoms with van der Waals surface area (Å²) in [4.78, 5) is 2.58. The highest BCUT2D eigenvalue weighted by Gasteiger charge is 2.36. The van der Waals surface area contributed by atoms with Gasteiger partial charge >= 0.3 is 0 Å². The van der Waals surface area contributed by atoms with Crippen LogP contribution in [0, 0.1) is 0 Å². The summed E-state index contributed by atoms with van der Waals surface area (Å²) in [5.41, 5.74) is 5.46. The Morgan fingerprint density at radius 1 is 1.55 bits per heavy atom. The van der Waals surface area contributed by atoms with Crippen LogP contribution < -0.4 is 11.1 Å². The number of hydrogen-bond donors (Lipinski definition) is 2. The van der Waals surface area contributed by atoms with Gasteiger partial charge in [-0.1, -0.05) is 0 Å². The lowest BCUT2D eigenvalue weighted by Gasteiger charge is -2.26. The molecule has 0 saturated carbocycles. The second-order valence-corrected chi connectivity index (χ2v) is 3.63. The zero-order valence-electron chi connectivity index (χ0n) is 6.92. The molecule has 2 bridgehead atoms. The fraction of sp³-hybridized carbons (Fsp3) is 1.00. The van der Waals surface area contributed by atoms with Gasteiger partial charge in [-0.05, 0) is 25.9 Å². The second-order valence-electron chi connectivity index (χ2n) is 3.63. The maximum Gasteiger partial charge on any atom is 0.0236 e. The number of nitrogens with zero attached hydrogens (tertiary/aromatic N) is 1. The van der Waals surface area contributed by atoms with Crippen LogP contribution in [-0.4, -0.2) is 43.2 Å². The first-order valence-corrected chi connectivity index (χ1v) is 4.57. The van der Waals surface area contributed by atoms with E-state index in [1.54, 1.807) is 0 Å². The Bertz CT molecular complexity index is 137. The molecule has 2 unspecified atom stereocenters. The first-order chi connectivity index (χ1) is 5.40. The van der Waals surface area contributed by atoms with Gasteiger partial charge in [0.05, 0.1) is 0 Å². The predicted molar refractivity (Wildman–Crippen MR) is 45.4 cm³/mol. The van der Waals surface area contributed by atoms with Gasteiger partial charge in [-0.3, -0.25) is 4.90 Å². The Hall–Kier alpha value is -0.120. The van der Waals surface area contributed by atoms with Crippen LogP contribution in [0.5, 0.6) is 0 Å². The standard InChI is InChI=1S/C8H17N3/c9-2-1-3-11-6-7-4-8(11)5-10-7/h7-8,10H,1-6,9H2. The summed E-state index contributed by atoms with van der Waals surface area (Å²) in [5.74, 6) is 0. The third-order valence-electron chi connectivity index (χ3n) is 2.82. The molecule has 2 atom stereocenters. The SMILES string of the molecule is NCCCN1CC2CC1CN2. The van der Waals surface area contributed by atoms with E-state index in [-0.39, 0.29) is 0 Å². The minimum atomic E-state index is 0.790. The molecule has 0 radical (unpaired) electrons. The molecule has 2 heterocycles. The Labute approximate surface area is 67.9 Å². The highest BCUT2D eigenvalue weighted by molar-refractivity contribution is 4.96. The summed E-state index contributed by atoms with van der Waals surface area (Å²) in [6, 6.07) is 1.62. The maximum atomic E-state index is 5.46. The van der Waals surface area contributed by atoms with Crippen LogP contribution in [-0.2, 0) is 0 Å². The lowest BCUT2D eigenvalue weighted by Crippen LogP contribution is -2.44. The van der Waals surface area contributed by atoms with Crippen molar-refractivity contribution in [3.05, 3.63) is 0 Å². The van der Waals surface area contributed by atoms with Crippen molar-refractivity contribution in [1.29, 1.82) is 0 Å². The summed E-state index contributed by atoms with van der Waals surface area (Å²) >= 11 is 0. The minimum absolute atomic E-state index is 0.790. The van der Waals surface area contributed by atoms with Crippen LogP contribution in [0.4, 0.5) is 0 Å². The molecule has 0 amide bonds. The van der Waals surface area contributed by atoms with Gasteiger partial charge in [0, 0.05) is 25.2 Å². The van der Waals surface area contributed by atoms with Gasteiger partial charge in [0.2, 0.25) is 0 Å². The van der Waals surface area contributed by atoms with Crippen molar-refractivity contribution in [3.8, 4) is 0 Å². The van der Waals surface area contributed by atoms with Gasteiger partial charge in [0.1, 0.15) is 0 Å². The van der Waals surface area contributed by atoms with Crippen LogP contribution >= 0.6 is 0 Å². The number of fused-ring (bicyclic) bond motifs is 2. The van der Waals surface area contributed by atoms with E-state index in [0.29, 0.717) is 0 Å². The van der Waals surface area contributed by atoms with Crippen LogP contribution in [0.25, 0.3) is 0 Å². The second kappa shape index (κ2) is 3.09. The monoisotopic (exact) mass is 155 g/mol. The molecule has 2 aliphatic heterocycles. The average molecular weight is 155 g/mol. The van der Waals surface area contributed by atoms with Crippen molar-refractivity contribution in [2.24, 2.45) is 5.73 Å². The van der Waals surface area contributed by atoms with Gasteiger partial charge in [-0.25, -0.2) is 0 Å². The molecular weight excluding hydrogens is 138 g/mol. The van der Waals surface area contributed by atoms with Crippen LogP contribution in [0.15, 0.2) is 0 Å². The highest BCUT2D eigenvalue weighted by Crippen LogP contribution is 2.22. The van der Waals surface area contributed by atoms with E-state index < -0.39 is 0 Å². The number of nitrogens with one attached hydrogen (secondary N) is 1. The predicted octanol–water partition coefficient (Wildman–Crippen LogP) is -0.619. The van der Waals surface area contributed by atoms with Gasteiger partial charge in [0.25, 0.3) is 0 Å². The first-order valence-electron chi connectivity index (χ1n) is 4.57. The Morgan fingerprint density at radius 2 is 2.45 bits per heavy atom. The van der Waals surface area contributed by atoms with Crippen LogP contribution in [0.1, 0.15) is 12.8 Å². The van der Waals surface area contributed by atoms with Gasteiger partial charge < -0.3 is 11.1 Å². The van der Waals surface area contributed by atoms with E-state index in [4.69, 9.17) is 5.73 Å². The largest absolute Gasteiger partial charge is 0.330 e. The molecule has 2 fully saturated rings. The third-order valence-corrected chi connectivity index (χ3v) is 2.82. The Morgan fingerprint density at radius 3 is 3.00 bits per heavy atom. The summed E-state index contributed by atoms with van der Waals surface area (Å²) in [6.45, 7) is 4.50. The lowest BCUT2D eigenvalue weighted by molar-refractivity contribution is 0.225. The van der Waals surface area contributed by atoms with E-state index in [1.165, 1.54) is 26.1 Å². The average Bonchev–Trinajstić information content (AvgIpc) is 2.60. The lowest BCUT2D eigenvalue weighted by atomic mass is 10.2. The van der Waals surface area contributed by atoms with Crippen molar-refractivity contribution in [2.75, 3.05) is 26.2 Å². The Balaban J connectivity index is 1.78. The van der Waals surface area contributed by atoms with Crippen molar-refractivity contribution in [3.63, 3.8) is 0 Å². The number of hydrogen-bond acceptors (Lipinski definition) is 3. The molecule has 0 aromatic rings. The van der Waals surface area contributed by atoms with E-state index in [9.17, 15) is 0 Å². The Kier molecular flexibility index (Phi) is 2.11. The zero-order chi connectivity index (χ0) is 7.68. The molecule has 0 spiro atoms. The van der Waals surface area contributed by atoms with E-state index >= 15 is 0 Å². The van der Waals surface area contributed by atoms with Crippen molar-refractivity contribution >= 4 is 0 Å². The van der Waals surface area contributed by atoms with Crippen molar-refractivity contribution in [2.45, 2.75) is 24.9 Å². The van der Waals surface area contributed by atoms with Gasteiger partial charge in [0.15, 0.2) is 0 Å². The molecule has 2 aliphatic rings. The van der Waals surface area contributed by atoms with E-state index in [0.717, 1.165) is 25.0 Å². The summed E-state index contributed by atoms with van der Waals surface area (Å²) in [5, 5.41) is 3.49. The van der Waals surface area contributed by atoms with Crippen LogP contribution in [0.3, 0.4) is 0 Å². The number of likely N-dealkylation sites (tertiary alicyclic amines) is 1. The molecule has 0 aliphatic carbocycles. The molecule has 0 aromatic carbocycles. The molecule has 0 aromatic heterocycles. The molecule has 3 nitrogen and oxygen atoms in total. The molecule has 2 saturated heterocycles. The van der Waals surface area contributed by atoms with E-state index in [1.807, 2.05) is 0 Å². The maximum absolute atomic E-state index is 5.46. The minimum Gasteiger partial charge on any atom is -0.330 e. The number of piperazine rings is 1. The van der Waals surface area contributed by atoms with Crippen LogP contribution in [0.2, 0.25) is 0 Å². The smallest absolute Gasteiger partial charge is 0.0236 e. The molecule has 3 N–H and O–H groups in total. The summed E-state index contributed by atoms with van der Waals surface area (Å²) < 4.78 is 0. The highest BCUT2D eigenvalue weighted by atomic mass is 15.3. The van der Waals surface area contributed by atoms with Gasteiger partial charge in [-0.15, -0.1) is 0 Å². The zero-order valence-corrected chi connectivity index (χ0v) is 6.92. The fourth-order valence-electron chi connectivity index (χ4n) is 2.22. The molecular formula is C8H17N3. The summed E-state index contributed by atoms with van der Waals surface area (Å²) in [7, 11) is 0. The molecule has 2 rings (SSSR count). The fourth-order valence-corrected chi connectivity index (χ4v) is 2.22. The van der Waals surface area contributed by atoms with E-state index in [2.05, 4.69) is 10.2 Å². The topological polar surface area (TPSA) is 41.3 Å². The quantitative estimate of drug-likeness (QED) is 0.571. The number of nitrogens with two attached hydrogens (primary N) is 1. The molecule has 64 valence electrons. The van der Waals surface area contributed by atoms with Crippen molar-refractivity contribution < 1.29 is 0 Å². The third kappa shape index (κ3) is 1.41. The van der Waals surface area contributed by atoms with Gasteiger partial charge in [-0.2, -0.15) is 0 Å².